The van der Waals surface area contributed by atoms with Crippen LogP contribution >= 0.6 is 188 Å². The van der Waals surface area contributed by atoms with Crippen LogP contribution in [0, 0.1) is 143 Å². The molecular formula is C78H42N18O16S16. The monoisotopic (exact) mass is 2000 g/mol. The summed E-state index contributed by atoms with van der Waals surface area (Å²) < 4.78 is 58.2. The average Bonchev–Trinajstić information content (AvgIpc) is 1.59. The predicted molar refractivity (Wildman–Crippen MR) is 482 cm³/mol. The lowest BCUT2D eigenvalue weighted by atomic mass is 10.3. The number of thioether (sulfide) groups is 16. The maximum atomic E-state index is 12.5. The second kappa shape index (κ2) is 46.7. The largest absolute Gasteiger partial charge is 0.540 e. The predicted octanol–water partition coefficient (Wildman–Crippen LogP) is 22.9. The SMILES string of the molecule is [C-]#[N+]C([N+]#[C-])=C1Sc2c(OC(=O)CNC)c3c(c(OC(=O)N(C)C)c2S1)SC(=C(C#N)C#N)S3.[C-]#[N+]C([N+]#[C-])=C1Sc2c(OC(=O)OCCCC)c3c(c(OC(=O)OCCCC)c2S1)SC(=C(C#N)C#N)S3.[C-]#[N+]C([N+]#[C-])=C1Sc2c(OC(C)=O)c3c(c(OC(C)=O)c2S1)SC(=C(C#N)C#N)S3.[C-]#[N+]C([N+]#[C-])=C1Sc2c(OC)c3c(c(OC)c2S1)SC(=C(C#N)C#N)S3. The first-order valence-electron chi connectivity index (χ1n) is 34.5. The van der Waals surface area contributed by atoms with Gasteiger partial charge in [-0.15, -0.1) is 0 Å². The van der Waals surface area contributed by atoms with E-state index in [1.807, 2.05) is 62.4 Å². The number of nitrogens with zero attached hydrogens (tertiary/aromatic N) is 17. The summed E-state index contributed by atoms with van der Waals surface area (Å²) in [5.41, 5.74) is -0.362. The molecule has 0 atom stereocenters. The second-order valence-electron chi connectivity index (χ2n) is 23.4. The molecule has 4 aromatic rings. The van der Waals surface area contributed by atoms with Crippen molar-refractivity contribution in [3.8, 4) is 94.5 Å². The number of methoxy groups -OCH3 is 2. The van der Waals surface area contributed by atoms with Crippen LogP contribution in [-0.2, 0) is 23.9 Å². The van der Waals surface area contributed by atoms with E-state index < -0.39 is 36.3 Å². The third-order valence-corrected chi connectivity index (χ3v) is 35.7. The van der Waals surface area contributed by atoms with Gasteiger partial charge in [-0.2, -0.15) is 80.9 Å². The molecule has 128 heavy (non-hydrogen) atoms. The van der Waals surface area contributed by atoms with Gasteiger partial charge in [0.2, 0.25) is 0 Å². The van der Waals surface area contributed by atoms with Gasteiger partial charge in [0.05, 0.1) is 129 Å². The number of benzene rings is 4. The maximum absolute atomic E-state index is 12.5. The number of hydrogen-bond acceptors (Lipinski definition) is 41. The van der Waals surface area contributed by atoms with Crippen molar-refractivity contribution in [2.75, 3.05) is 55.1 Å². The minimum absolute atomic E-state index is 0.0117. The summed E-state index contributed by atoms with van der Waals surface area (Å²) in [5, 5.41) is 76.9. The molecule has 0 fully saturated rings. The lowest BCUT2D eigenvalue weighted by molar-refractivity contribution is -0.134. The highest BCUT2D eigenvalue weighted by Gasteiger charge is 2.47. The molecule has 0 unspecified atom stereocenters. The summed E-state index contributed by atoms with van der Waals surface area (Å²) >= 11 is 17.7. The second-order valence-corrected chi connectivity index (χ2v) is 41.8. The van der Waals surface area contributed by atoms with Crippen LogP contribution in [0.2, 0.25) is 0 Å². The average molecular weight is 2000 g/mol. The summed E-state index contributed by atoms with van der Waals surface area (Å²) in [7, 11) is 7.69. The van der Waals surface area contributed by atoms with Gasteiger partial charge in [0, 0.05) is 27.9 Å². The molecule has 8 heterocycles. The molecule has 0 aromatic heterocycles. The Labute approximate surface area is 797 Å². The van der Waals surface area contributed by atoms with Gasteiger partial charge in [-0.25, -0.2) is 14.4 Å². The lowest BCUT2D eigenvalue weighted by Gasteiger charge is -2.18. The van der Waals surface area contributed by atoms with Crippen LogP contribution < -0.4 is 43.2 Å². The number of carbonyl (C=O) groups excluding carboxylic acids is 6. The zero-order chi connectivity index (χ0) is 93.5. The standard InChI is InChI=1S/C24H18N4O6S4.C20H12N6O4S4.C18H6N4O4S4.C16H6N4O2S4/c1-5-7-9-31-23(29)33-14-16-17(36-21(35-16)13(11-25)12-26)15(34-24(30)32-10-8-6-2)19-18(14)37-22(38-19)20(27-3)28-4;1-23-8-10(27)29-11-13-15(32-18(31-13)9(6-21)7-22)12(30-20(28)26(4)5)16-14(11)33-19(34-16)17(24-2)25-3;1-7(23)25-10-12-13(28-17(27-12)9(5-19)6-20)11(26-8(2)24)15-14(10)29-18(30-15)16(21-3)22-4;1-19-14(20-2)16-25-12-8(21-3)10-11(9(22-4)13(12)26-16)24-15(23-10)7(5-17)6-18/h5-10H2,1-2H3;23H,8H2,1,4-5H3;1-2H3;3-4H3. The van der Waals surface area contributed by atoms with E-state index in [4.69, 9.17) is 110 Å². The van der Waals surface area contributed by atoms with Crippen LogP contribution in [0.25, 0.3) is 38.8 Å². The number of amides is 1. The van der Waals surface area contributed by atoms with Gasteiger partial charge in [-0.3, -0.25) is 14.4 Å². The van der Waals surface area contributed by atoms with E-state index in [0.29, 0.717) is 117 Å². The van der Waals surface area contributed by atoms with Crippen molar-refractivity contribution in [2.24, 2.45) is 0 Å². The van der Waals surface area contributed by atoms with Crippen LogP contribution in [0.15, 0.2) is 158 Å². The Morgan fingerprint density at radius 1 is 0.328 bits per heavy atom. The van der Waals surface area contributed by atoms with Gasteiger partial charge in [0.15, 0.2) is 34.5 Å². The molecule has 4 aromatic carbocycles. The van der Waals surface area contributed by atoms with Gasteiger partial charge in [0.25, 0.3) is 0 Å². The molecular weight excluding hydrogens is 1960 g/mol. The Balaban J connectivity index is 0.000000194. The van der Waals surface area contributed by atoms with Crippen LogP contribution in [0.1, 0.15) is 53.4 Å². The van der Waals surface area contributed by atoms with Crippen LogP contribution in [0.4, 0.5) is 14.4 Å². The number of allylic oxidation sites excluding steroid dienone is 4. The number of nitriles is 8. The van der Waals surface area contributed by atoms with Crippen molar-refractivity contribution in [3.05, 3.63) is 171 Å². The van der Waals surface area contributed by atoms with Gasteiger partial charge in [-0.1, -0.05) is 215 Å². The van der Waals surface area contributed by atoms with E-state index in [2.05, 4.69) is 44.1 Å². The minimum Gasteiger partial charge on any atom is -0.494 e. The fraction of sp³-hybridized carbons (Fsp3) is 0.205. The van der Waals surface area contributed by atoms with E-state index in [1.54, 1.807) is 21.3 Å². The molecule has 8 aliphatic heterocycles. The van der Waals surface area contributed by atoms with E-state index in [0.717, 1.165) is 174 Å². The van der Waals surface area contributed by atoms with Crippen LogP contribution in [0.3, 0.4) is 0 Å². The van der Waals surface area contributed by atoms with Gasteiger partial charge < -0.3 is 57.6 Å². The van der Waals surface area contributed by atoms with Crippen molar-refractivity contribution in [1.29, 1.82) is 42.1 Å². The van der Waals surface area contributed by atoms with E-state index in [-0.39, 0.29) is 99.8 Å². The number of nitrogens with one attached hydrogen (secondary N) is 1. The van der Waals surface area contributed by atoms with E-state index in [9.17, 15) is 60.3 Å². The molecule has 8 aliphatic rings. The number of likely N-dealkylation sites (N-methyl/N-ethyl adjacent to an activating group) is 1. The highest BCUT2D eigenvalue weighted by atomic mass is 32.2. The first-order valence-corrected chi connectivity index (χ1v) is 47.6. The fourth-order valence-electron chi connectivity index (χ4n) is 9.82. The molecule has 34 nitrogen and oxygen atoms in total. The van der Waals surface area contributed by atoms with Gasteiger partial charge in [-0.05, 0) is 19.9 Å². The molecule has 0 saturated heterocycles. The summed E-state index contributed by atoms with van der Waals surface area (Å²) in [6, 6.07) is 14.8. The van der Waals surface area contributed by atoms with Gasteiger partial charge >= 0.3 is 59.6 Å². The summed E-state index contributed by atoms with van der Waals surface area (Å²) in [6.07, 6.45) is 0.296. The molecule has 0 spiro atoms. The number of carbonyl (C=O) groups is 6. The first kappa shape index (κ1) is 99.8. The number of unbranched alkanes of at least 4 members (excludes halogenated alkanes) is 2. The molecule has 1 amide bonds. The number of rotatable bonds is 16. The summed E-state index contributed by atoms with van der Waals surface area (Å²) in [4.78, 5) is 108. The topological polar surface area (TPSA) is 435 Å². The molecule has 636 valence electrons. The van der Waals surface area contributed by atoms with E-state index >= 15 is 0 Å². The molecule has 0 aliphatic carbocycles. The minimum atomic E-state index is -0.960. The number of hydrogen-bond donors (Lipinski definition) is 1. The highest BCUT2D eigenvalue weighted by Crippen LogP contribution is 2.73. The summed E-state index contributed by atoms with van der Waals surface area (Å²) in [6.45, 7) is 64.5. The van der Waals surface area contributed by atoms with Crippen LogP contribution in [0.5, 0.6) is 46.0 Å². The fourth-order valence-corrected chi connectivity index (χ4v) is 30.6. The first-order chi connectivity index (χ1) is 61.7. The number of fused-ring (bicyclic) bond motifs is 8. The van der Waals surface area contributed by atoms with Gasteiger partial charge in [0.1, 0.15) is 152 Å². The molecule has 0 saturated carbocycles. The lowest BCUT2D eigenvalue weighted by Crippen LogP contribution is -2.26. The number of esters is 3. The molecule has 50 heteroatoms. The van der Waals surface area contributed by atoms with E-state index in [1.165, 1.54) is 79.9 Å². The Morgan fingerprint density at radius 3 is 0.719 bits per heavy atom. The van der Waals surface area contributed by atoms with Crippen molar-refractivity contribution < 1.29 is 76.1 Å². The maximum Gasteiger partial charge on any atom is 0.540 e. The molecule has 0 bridgehead atoms. The van der Waals surface area contributed by atoms with Crippen molar-refractivity contribution in [1.82, 2.24) is 10.2 Å². The Kier molecular flexibility index (Phi) is 36.4. The highest BCUT2D eigenvalue weighted by molar-refractivity contribution is 8.28. The van der Waals surface area contributed by atoms with Crippen molar-refractivity contribution >= 4 is 225 Å². The quantitative estimate of drug-likeness (QED) is 0.0272. The molecule has 1 N–H and O–H groups in total. The third-order valence-electron chi connectivity index (χ3n) is 15.2. The van der Waals surface area contributed by atoms with Crippen molar-refractivity contribution in [2.45, 2.75) is 132 Å². The third kappa shape index (κ3) is 22.0. The normalized spacial score (nSPS) is 13.0. The Bertz CT molecular complexity index is 6000. The Hall–Kier alpha value is -12.0. The molecule has 12 rings (SSSR count). The Morgan fingerprint density at radius 2 is 0.531 bits per heavy atom. The number of ether oxygens (including phenoxy) is 10. The smallest absolute Gasteiger partial charge is 0.494 e. The summed E-state index contributed by atoms with van der Waals surface area (Å²) in [5.74, 6) is -0.319. The van der Waals surface area contributed by atoms with Crippen LogP contribution in [-0.4, -0.2) is 96.3 Å². The zero-order valence-electron chi connectivity index (χ0n) is 66.1. The van der Waals surface area contributed by atoms with Crippen molar-refractivity contribution in [3.63, 3.8) is 0 Å². The molecule has 0 radical (unpaired) electrons. The zero-order valence-corrected chi connectivity index (χ0v) is 79.2.